The molecule has 236 valence electrons. The number of carbonyl (C=O) groups is 4. The van der Waals surface area contributed by atoms with Gasteiger partial charge in [0.1, 0.15) is 73.1 Å². The van der Waals surface area contributed by atoms with Gasteiger partial charge in [-0.1, -0.05) is 38.5 Å². The lowest BCUT2D eigenvalue weighted by molar-refractivity contribution is -0.133. The molecule has 0 saturated heterocycles. The number of carbonyl (C=O) groups excluding carboxylic acids is 4. The number of hydrogen-bond donors (Lipinski definition) is 0. The van der Waals surface area contributed by atoms with Gasteiger partial charge in [0.25, 0.3) is 0 Å². The molecule has 0 saturated carbocycles. The minimum Gasteiger partial charge on any atom is -0.462 e. The Balaban J connectivity index is 2.37. The Bertz CT molecular complexity index is 1370. The van der Waals surface area contributed by atoms with Crippen LogP contribution in [0.25, 0.3) is 12.2 Å². The van der Waals surface area contributed by atoms with Crippen LogP contribution in [0.2, 0.25) is 0 Å². The van der Waals surface area contributed by atoms with Gasteiger partial charge in [-0.3, -0.25) is 0 Å². The predicted molar refractivity (Wildman–Crippen MR) is 166 cm³/mol. The van der Waals surface area contributed by atoms with Crippen molar-refractivity contribution in [2.45, 2.75) is 0 Å². The van der Waals surface area contributed by atoms with Crippen molar-refractivity contribution in [2.75, 3.05) is 0 Å². The lowest BCUT2D eigenvalue weighted by atomic mass is 10.1. The van der Waals surface area contributed by atoms with Crippen molar-refractivity contribution < 1.29 is 57.1 Å². The van der Waals surface area contributed by atoms with Crippen molar-refractivity contribution in [3.05, 3.63) is 148 Å². The molecule has 0 bridgehead atoms. The molecule has 0 spiro atoms. The molecule has 0 amide bonds. The van der Waals surface area contributed by atoms with E-state index in [-0.39, 0.29) is 0 Å². The van der Waals surface area contributed by atoms with Gasteiger partial charge in [-0.05, 0) is 35.4 Å². The van der Waals surface area contributed by atoms with Crippen LogP contribution in [0.3, 0.4) is 0 Å². The fourth-order valence-corrected chi connectivity index (χ4v) is 2.84. The molecule has 0 atom stereocenters. The zero-order chi connectivity index (χ0) is 33.6. The van der Waals surface area contributed by atoms with Crippen LogP contribution < -0.4 is 18.9 Å². The second kappa shape index (κ2) is 20.1. The lowest BCUT2D eigenvalue weighted by Gasteiger charge is -2.08. The van der Waals surface area contributed by atoms with Gasteiger partial charge in [-0.2, -0.15) is 0 Å². The Morgan fingerprint density at radius 1 is 0.391 bits per heavy atom. The van der Waals surface area contributed by atoms with Gasteiger partial charge in [0, 0.05) is 36.4 Å². The first-order valence-corrected chi connectivity index (χ1v) is 12.8. The lowest BCUT2D eigenvalue weighted by Crippen LogP contribution is -1.94. The Kier molecular flexibility index (Phi) is 15.5. The molecule has 12 nitrogen and oxygen atoms in total. The van der Waals surface area contributed by atoms with Crippen molar-refractivity contribution >= 4 is 36.0 Å². The number of ether oxygens (including phenoxy) is 8. The summed E-state index contributed by atoms with van der Waals surface area (Å²) in [6, 6.07) is 9.64. The Morgan fingerprint density at radius 2 is 0.630 bits per heavy atom. The monoisotopic (exact) mass is 628 g/mol. The van der Waals surface area contributed by atoms with Crippen LogP contribution >= 0.6 is 0 Å². The van der Waals surface area contributed by atoms with Crippen LogP contribution in [-0.2, 0) is 38.1 Å². The molecule has 0 aromatic heterocycles. The number of esters is 4. The van der Waals surface area contributed by atoms with Gasteiger partial charge < -0.3 is 37.9 Å². The summed E-state index contributed by atoms with van der Waals surface area (Å²) in [6.45, 7) is 13.2. The molecule has 2 rings (SSSR count). The summed E-state index contributed by atoms with van der Waals surface area (Å²) >= 11 is 0. The van der Waals surface area contributed by atoms with E-state index in [4.69, 9.17) is 37.9 Å². The van der Waals surface area contributed by atoms with Crippen LogP contribution in [-0.4, -0.2) is 23.9 Å². The normalized spacial score (nSPS) is 10.9. The smallest absolute Gasteiger partial charge is 0.335 e. The van der Waals surface area contributed by atoms with Crippen LogP contribution in [0.5, 0.6) is 23.0 Å². The molecule has 2 aromatic rings. The third-order valence-corrected chi connectivity index (χ3v) is 4.72. The maximum absolute atomic E-state index is 11.2. The summed E-state index contributed by atoms with van der Waals surface area (Å²) in [6.07, 6.45) is 16.1. The summed E-state index contributed by atoms with van der Waals surface area (Å²) in [5, 5.41) is 0. The molecule has 0 aliphatic rings. The first-order chi connectivity index (χ1) is 22.3. The van der Waals surface area contributed by atoms with Crippen molar-refractivity contribution in [2.24, 2.45) is 0 Å². The molecule has 0 heterocycles. The molecule has 0 aliphatic heterocycles. The Morgan fingerprint density at radius 3 is 0.848 bits per heavy atom. The standard InChI is InChI=1S/C34H28O12/c1-5-31(35)43-15-11-39-27-19-25(20-28(23-27)40-12-16-44-32(36)6-2)9-10-26-21-29(41-13-17-45-33(37)7-3)24-30(22-26)42-14-18-46-34(38)8-4/h5-24H,1-4H2/b10-9+,15-11+,16-12+,17-13+,18-14+. The topological polar surface area (TPSA) is 142 Å². The minimum absolute atomic E-state index is 0.291. The zero-order valence-electron chi connectivity index (χ0n) is 24.3. The average Bonchev–Trinajstić information content (AvgIpc) is 3.07. The van der Waals surface area contributed by atoms with E-state index in [2.05, 4.69) is 26.3 Å². The second-order valence-corrected chi connectivity index (χ2v) is 7.93. The highest BCUT2D eigenvalue weighted by Crippen LogP contribution is 2.28. The van der Waals surface area contributed by atoms with Crippen LogP contribution in [0, 0.1) is 0 Å². The van der Waals surface area contributed by atoms with E-state index in [0.29, 0.717) is 34.1 Å². The number of benzene rings is 2. The third-order valence-electron chi connectivity index (χ3n) is 4.72. The largest absolute Gasteiger partial charge is 0.462 e. The number of rotatable bonds is 18. The first-order valence-electron chi connectivity index (χ1n) is 12.8. The van der Waals surface area contributed by atoms with Crippen molar-refractivity contribution in [3.63, 3.8) is 0 Å². The summed E-state index contributed by atoms with van der Waals surface area (Å²) in [5.74, 6) is -1.52. The van der Waals surface area contributed by atoms with Crippen LogP contribution in [0.15, 0.2) is 137 Å². The molecular weight excluding hydrogens is 600 g/mol. The van der Waals surface area contributed by atoms with E-state index in [0.717, 1.165) is 74.4 Å². The van der Waals surface area contributed by atoms with Crippen LogP contribution in [0.4, 0.5) is 0 Å². The molecule has 0 unspecified atom stereocenters. The third kappa shape index (κ3) is 14.4. The van der Waals surface area contributed by atoms with E-state index in [1.54, 1.807) is 36.4 Å². The molecular formula is C34H28O12. The van der Waals surface area contributed by atoms with E-state index in [1.807, 2.05) is 0 Å². The molecule has 46 heavy (non-hydrogen) atoms. The maximum Gasteiger partial charge on any atom is 0.335 e. The molecule has 0 aliphatic carbocycles. The van der Waals surface area contributed by atoms with Crippen molar-refractivity contribution in [1.82, 2.24) is 0 Å². The predicted octanol–water partition coefficient (Wildman–Crippen LogP) is 6.17. The molecule has 0 radical (unpaired) electrons. The van der Waals surface area contributed by atoms with E-state index in [1.165, 1.54) is 12.1 Å². The van der Waals surface area contributed by atoms with Gasteiger partial charge >= 0.3 is 23.9 Å². The second-order valence-electron chi connectivity index (χ2n) is 7.93. The van der Waals surface area contributed by atoms with E-state index >= 15 is 0 Å². The summed E-state index contributed by atoms with van der Waals surface area (Å²) in [4.78, 5) is 45.0. The van der Waals surface area contributed by atoms with E-state index < -0.39 is 23.9 Å². The Labute approximate surface area is 264 Å². The fourth-order valence-electron chi connectivity index (χ4n) is 2.84. The average molecular weight is 629 g/mol. The number of hydrogen-bond acceptors (Lipinski definition) is 12. The quantitative estimate of drug-likeness (QED) is 0.0612. The van der Waals surface area contributed by atoms with Gasteiger partial charge in [-0.25, -0.2) is 19.2 Å². The van der Waals surface area contributed by atoms with Gasteiger partial charge in [0.15, 0.2) is 0 Å². The summed E-state index contributed by atoms with van der Waals surface area (Å²) < 4.78 is 41.1. The molecule has 12 heteroatoms. The molecule has 0 N–H and O–H groups in total. The SMILES string of the molecule is C=CC(=O)O/C=C/Oc1cc(/C=C/c2cc(O/C=C/OC(=O)C=C)cc(O/C=C/OC(=O)C=C)c2)cc(O/C=C/OC(=O)C=C)c1. The highest BCUT2D eigenvalue weighted by atomic mass is 16.6. The molecule has 0 fully saturated rings. The summed E-state index contributed by atoms with van der Waals surface area (Å²) in [7, 11) is 0. The minimum atomic E-state index is -0.670. The van der Waals surface area contributed by atoms with Gasteiger partial charge in [-0.15, -0.1) is 0 Å². The van der Waals surface area contributed by atoms with E-state index in [9.17, 15) is 19.2 Å². The Hall–Kier alpha value is -6.82. The van der Waals surface area contributed by atoms with Gasteiger partial charge in [0.05, 0.1) is 0 Å². The summed E-state index contributed by atoms with van der Waals surface area (Å²) in [5.41, 5.74) is 1.17. The fraction of sp³-hybridized carbons (Fsp3) is 0. The van der Waals surface area contributed by atoms with Crippen molar-refractivity contribution in [1.29, 1.82) is 0 Å². The zero-order valence-corrected chi connectivity index (χ0v) is 24.3. The maximum atomic E-state index is 11.2. The van der Waals surface area contributed by atoms with Gasteiger partial charge in [0.2, 0.25) is 0 Å². The first kappa shape index (κ1) is 35.4. The van der Waals surface area contributed by atoms with Crippen molar-refractivity contribution in [3.8, 4) is 23.0 Å². The van der Waals surface area contributed by atoms with Crippen LogP contribution in [0.1, 0.15) is 11.1 Å². The highest BCUT2D eigenvalue weighted by molar-refractivity contribution is 5.82. The molecule has 2 aromatic carbocycles. The highest BCUT2D eigenvalue weighted by Gasteiger charge is 2.05.